The van der Waals surface area contributed by atoms with Crippen molar-refractivity contribution in [3.63, 3.8) is 0 Å². The fraction of sp³-hybridized carbons (Fsp3) is 0.273. The van der Waals surface area contributed by atoms with Gasteiger partial charge in [-0.2, -0.15) is 4.98 Å². The van der Waals surface area contributed by atoms with Crippen molar-refractivity contribution in [3.05, 3.63) is 38.4 Å². The number of hydrogen-bond acceptors (Lipinski definition) is 5. The summed E-state index contributed by atoms with van der Waals surface area (Å²) >= 11 is 0. The molecule has 7 heteroatoms. The van der Waals surface area contributed by atoms with E-state index in [1.807, 2.05) is 0 Å². The summed E-state index contributed by atoms with van der Waals surface area (Å²) < 4.78 is 5.20. The minimum Gasteiger partial charge on any atom is -0.487 e. The first-order chi connectivity index (χ1) is 8.52. The van der Waals surface area contributed by atoms with Crippen LogP contribution in [0.4, 0.5) is 5.69 Å². The van der Waals surface area contributed by atoms with E-state index in [-0.39, 0.29) is 16.8 Å². The molecule has 0 fully saturated rings. The van der Waals surface area contributed by atoms with Crippen molar-refractivity contribution in [2.45, 2.75) is 13.8 Å². The quantitative estimate of drug-likeness (QED) is 0.657. The second-order valence-corrected chi connectivity index (χ2v) is 3.68. The lowest BCUT2D eigenvalue weighted by molar-refractivity contribution is -0.385. The van der Waals surface area contributed by atoms with E-state index in [9.17, 15) is 14.9 Å². The molecule has 2 aromatic rings. The summed E-state index contributed by atoms with van der Waals surface area (Å²) in [5, 5.41) is 11.1. The fourth-order valence-corrected chi connectivity index (χ4v) is 1.70. The van der Waals surface area contributed by atoms with Gasteiger partial charge in [0.1, 0.15) is 5.82 Å². The normalized spacial score (nSPS) is 10.6. The molecule has 0 radical (unpaired) electrons. The average molecular weight is 249 g/mol. The van der Waals surface area contributed by atoms with Crippen molar-refractivity contribution in [1.29, 1.82) is 0 Å². The molecule has 94 valence electrons. The second-order valence-electron chi connectivity index (χ2n) is 3.68. The zero-order valence-electron chi connectivity index (χ0n) is 9.89. The zero-order chi connectivity index (χ0) is 13.3. The van der Waals surface area contributed by atoms with Gasteiger partial charge in [-0.05, 0) is 13.8 Å². The maximum atomic E-state index is 11.6. The number of fused-ring (bicyclic) bond motifs is 1. The molecule has 1 N–H and O–H groups in total. The van der Waals surface area contributed by atoms with Crippen LogP contribution < -0.4 is 10.3 Å². The molecular weight excluding hydrogens is 238 g/mol. The Morgan fingerprint density at radius 2 is 2.22 bits per heavy atom. The zero-order valence-corrected chi connectivity index (χ0v) is 9.89. The van der Waals surface area contributed by atoms with Crippen LogP contribution in [0.2, 0.25) is 0 Å². The third-order valence-electron chi connectivity index (χ3n) is 2.41. The third kappa shape index (κ3) is 2.02. The highest BCUT2D eigenvalue weighted by molar-refractivity contribution is 5.83. The van der Waals surface area contributed by atoms with Gasteiger partial charge in [-0.25, -0.2) is 0 Å². The molecule has 0 saturated carbocycles. The predicted molar refractivity (Wildman–Crippen MR) is 64.9 cm³/mol. The number of nitro groups is 1. The average Bonchev–Trinajstić information content (AvgIpc) is 2.27. The molecule has 2 rings (SSSR count). The molecule has 1 aromatic heterocycles. The lowest BCUT2D eigenvalue weighted by Gasteiger charge is -2.06. The molecule has 0 spiro atoms. The fourth-order valence-electron chi connectivity index (χ4n) is 1.70. The highest BCUT2D eigenvalue weighted by Gasteiger charge is 2.18. The molecular formula is C11H11N3O4. The van der Waals surface area contributed by atoms with E-state index >= 15 is 0 Å². The van der Waals surface area contributed by atoms with Crippen LogP contribution in [-0.2, 0) is 0 Å². The highest BCUT2D eigenvalue weighted by atomic mass is 16.6. The molecule has 0 amide bonds. The van der Waals surface area contributed by atoms with Crippen LogP contribution in [0.25, 0.3) is 10.9 Å². The summed E-state index contributed by atoms with van der Waals surface area (Å²) in [6.45, 7) is 3.68. The van der Waals surface area contributed by atoms with Crippen molar-refractivity contribution < 1.29 is 9.66 Å². The first-order valence-electron chi connectivity index (χ1n) is 5.34. The van der Waals surface area contributed by atoms with Gasteiger partial charge in [0.2, 0.25) is 0 Å². The third-order valence-corrected chi connectivity index (χ3v) is 2.41. The summed E-state index contributed by atoms with van der Waals surface area (Å²) in [4.78, 5) is 28.6. The highest BCUT2D eigenvalue weighted by Crippen LogP contribution is 2.30. The number of ether oxygens (including phenoxy) is 1. The maximum absolute atomic E-state index is 11.6. The Morgan fingerprint density at radius 3 is 2.83 bits per heavy atom. The number of aromatic nitrogens is 2. The predicted octanol–water partition coefficient (Wildman–Crippen LogP) is 1.54. The van der Waals surface area contributed by atoms with Gasteiger partial charge in [-0.15, -0.1) is 0 Å². The minimum absolute atomic E-state index is 0.135. The van der Waals surface area contributed by atoms with E-state index in [0.29, 0.717) is 17.9 Å². The van der Waals surface area contributed by atoms with Crippen LogP contribution in [0.15, 0.2) is 16.9 Å². The number of H-pyrrole nitrogens is 1. The van der Waals surface area contributed by atoms with Gasteiger partial charge < -0.3 is 9.72 Å². The van der Waals surface area contributed by atoms with Crippen molar-refractivity contribution in [1.82, 2.24) is 9.97 Å². The first-order valence-corrected chi connectivity index (χ1v) is 5.34. The Morgan fingerprint density at radius 1 is 1.50 bits per heavy atom. The van der Waals surface area contributed by atoms with E-state index in [2.05, 4.69) is 9.97 Å². The van der Waals surface area contributed by atoms with Gasteiger partial charge in [-0.3, -0.25) is 14.9 Å². The number of benzene rings is 1. The molecule has 0 aliphatic rings. The molecule has 0 unspecified atom stereocenters. The molecule has 18 heavy (non-hydrogen) atoms. The Balaban J connectivity index is 2.80. The maximum Gasteiger partial charge on any atom is 0.311 e. The Bertz CT molecular complexity index is 678. The van der Waals surface area contributed by atoms with Crippen LogP contribution in [0.5, 0.6) is 5.75 Å². The molecule has 1 aromatic carbocycles. The molecule has 0 aliphatic heterocycles. The van der Waals surface area contributed by atoms with Gasteiger partial charge in [-0.1, -0.05) is 0 Å². The van der Waals surface area contributed by atoms with Crippen molar-refractivity contribution in [2.24, 2.45) is 0 Å². The van der Waals surface area contributed by atoms with E-state index in [0.717, 1.165) is 0 Å². The number of nitrogens with one attached hydrogen (secondary N) is 1. The SMILES string of the molecule is CCOc1cc2[nH]c(C)nc(=O)c2cc1[N+](=O)[O-]. The summed E-state index contributed by atoms with van der Waals surface area (Å²) in [5.41, 5.74) is -0.255. The standard InChI is InChI=1S/C11H11N3O4/c1-3-18-10-5-8-7(4-9(10)14(16)17)11(15)13-6(2)12-8/h4-5H,3H2,1-2H3,(H,12,13,15). The van der Waals surface area contributed by atoms with Crippen LogP contribution >= 0.6 is 0 Å². The number of aryl methyl sites for hydroxylation is 1. The van der Waals surface area contributed by atoms with E-state index in [1.54, 1.807) is 13.8 Å². The van der Waals surface area contributed by atoms with Crippen LogP contribution in [0.3, 0.4) is 0 Å². The van der Waals surface area contributed by atoms with Crippen LogP contribution in [0, 0.1) is 17.0 Å². The Hall–Kier alpha value is -2.44. The van der Waals surface area contributed by atoms with E-state index in [4.69, 9.17) is 4.74 Å². The second kappa shape index (κ2) is 4.44. The Kier molecular flexibility index (Phi) is 2.97. The number of nitro benzene ring substituents is 1. The lowest BCUT2D eigenvalue weighted by atomic mass is 10.2. The number of aromatic amines is 1. The van der Waals surface area contributed by atoms with Gasteiger partial charge in [0.25, 0.3) is 5.56 Å². The van der Waals surface area contributed by atoms with Crippen LogP contribution in [-0.4, -0.2) is 21.5 Å². The summed E-state index contributed by atoms with van der Waals surface area (Å²) in [5.74, 6) is 0.583. The van der Waals surface area contributed by atoms with E-state index < -0.39 is 10.5 Å². The smallest absolute Gasteiger partial charge is 0.311 e. The monoisotopic (exact) mass is 249 g/mol. The lowest BCUT2D eigenvalue weighted by Crippen LogP contribution is -2.10. The first kappa shape index (κ1) is 12.0. The molecule has 7 nitrogen and oxygen atoms in total. The Labute approximate surface area is 102 Å². The summed E-state index contributed by atoms with van der Waals surface area (Å²) in [7, 11) is 0. The largest absolute Gasteiger partial charge is 0.487 e. The number of rotatable bonds is 3. The number of hydrogen-bond donors (Lipinski definition) is 1. The molecule has 0 atom stereocenters. The van der Waals surface area contributed by atoms with Gasteiger partial charge in [0.15, 0.2) is 5.75 Å². The number of nitrogens with zero attached hydrogens (tertiary/aromatic N) is 2. The topological polar surface area (TPSA) is 98.1 Å². The molecule has 0 bridgehead atoms. The van der Waals surface area contributed by atoms with Gasteiger partial charge >= 0.3 is 5.69 Å². The summed E-state index contributed by atoms with van der Waals surface area (Å²) in [6, 6.07) is 2.64. The van der Waals surface area contributed by atoms with Gasteiger partial charge in [0.05, 0.1) is 22.4 Å². The summed E-state index contributed by atoms with van der Waals surface area (Å²) in [6.07, 6.45) is 0. The van der Waals surface area contributed by atoms with Crippen molar-refractivity contribution >= 4 is 16.6 Å². The van der Waals surface area contributed by atoms with Gasteiger partial charge in [0, 0.05) is 12.1 Å². The molecule has 0 aliphatic carbocycles. The van der Waals surface area contributed by atoms with Crippen molar-refractivity contribution in [2.75, 3.05) is 6.61 Å². The van der Waals surface area contributed by atoms with E-state index in [1.165, 1.54) is 12.1 Å². The molecule has 0 saturated heterocycles. The molecule has 1 heterocycles. The minimum atomic E-state index is -0.580. The van der Waals surface area contributed by atoms with Crippen LogP contribution in [0.1, 0.15) is 12.7 Å². The van der Waals surface area contributed by atoms with Crippen molar-refractivity contribution in [3.8, 4) is 5.75 Å².